The van der Waals surface area contributed by atoms with E-state index >= 15 is 0 Å². The van der Waals surface area contributed by atoms with Crippen LogP contribution in [0, 0.1) is 27.7 Å². The van der Waals surface area contributed by atoms with Crippen molar-refractivity contribution in [1.29, 1.82) is 0 Å². The maximum atomic E-state index is 2.25. The molecule has 0 heterocycles. The molecular formula is C27H38S2. The Kier molecular flexibility index (Phi) is 12.2. The highest BCUT2D eigenvalue weighted by atomic mass is 32.2. The summed E-state index contributed by atoms with van der Waals surface area (Å²) in [5, 5.41) is 1.16. The zero-order chi connectivity index (χ0) is 21.8. The second kappa shape index (κ2) is 13.8. The smallest absolute Gasteiger partial charge is 0.0246 e. The van der Waals surface area contributed by atoms with E-state index < -0.39 is 0 Å². The molecule has 0 radical (unpaired) electrons. The predicted octanol–water partition coefficient (Wildman–Crippen LogP) is 8.86. The zero-order valence-electron chi connectivity index (χ0n) is 19.5. The lowest BCUT2D eigenvalue weighted by atomic mass is 10.1. The maximum absolute atomic E-state index is 2.25. The van der Waals surface area contributed by atoms with E-state index in [4.69, 9.17) is 0 Å². The SMILES string of the molecule is C/C=C/C(C)SCc1c(C)cccc1C.C/C=C/C(C)Sc1c(C)cccc1C. The predicted molar refractivity (Wildman–Crippen MR) is 138 cm³/mol. The minimum Gasteiger partial charge on any atom is -0.150 e. The summed E-state index contributed by atoms with van der Waals surface area (Å²) in [4.78, 5) is 1.43. The average molecular weight is 427 g/mol. The molecule has 0 aliphatic rings. The van der Waals surface area contributed by atoms with Gasteiger partial charge in [-0.3, -0.25) is 0 Å². The van der Waals surface area contributed by atoms with Gasteiger partial charge in [0.05, 0.1) is 0 Å². The molecule has 0 amide bonds. The van der Waals surface area contributed by atoms with E-state index in [-0.39, 0.29) is 0 Å². The lowest BCUT2D eigenvalue weighted by Crippen LogP contribution is -1.95. The first-order chi connectivity index (χ1) is 13.8. The summed E-state index contributed by atoms with van der Waals surface area (Å²) < 4.78 is 0. The Balaban J connectivity index is 0.000000291. The van der Waals surface area contributed by atoms with E-state index in [1.807, 2.05) is 23.5 Å². The van der Waals surface area contributed by atoms with Crippen LogP contribution in [0.25, 0.3) is 0 Å². The molecule has 29 heavy (non-hydrogen) atoms. The molecular weight excluding hydrogens is 388 g/mol. The van der Waals surface area contributed by atoms with Crippen molar-refractivity contribution in [3.05, 3.63) is 88.5 Å². The molecule has 2 atom stereocenters. The Morgan fingerprint density at radius 3 is 1.66 bits per heavy atom. The molecule has 0 bridgehead atoms. The first-order valence-corrected chi connectivity index (χ1v) is 12.4. The fourth-order valence-electron chi connectivity index (χ4n) is 3.10. The molecule has 2 aromatic carbocycles. The fourth-order valence-corrected chi connectivity index (χ4v) is 5.37. The molecule has 158 valence electrons. The molecule has 0 nitrogen and oxygen atoms in total. The summed E-state index contributed by atoms with van der Waals surface area (Å²) in [7, 11) is 0. The minimum atomic E-state index is 0.555. The van der Waals surface area contributed by atoms with Crippen molar-refractivity contribution in [2.24, 2.45) is 0 Å². The van der Waals surface area contributed by atoms with Gasteiger partial charge in [-0.15, -0.1) is 23.5 Å². The zero-order valence-corrected chi connectivity index (χ0v) is 21.1. The molecule has 2 unspecified atom stereocenters. The van der Waals surface area contributed by atoms with Crippen molar-refractivity contribution < 1.29 is 0 Å². The fraction of sp³-hybridized carbons (Fsp3) is 0.407. The molecule has 2 aromatic rings. The van der Waals surface area contributed by atoms with Crippen LogP contribution in [0.15, 0.2) is 65.6 Å². The van der Waals surface area contributed by atoms with Gasteiger partial charge in [0.25, 0.3) is 0 Å². The lowest BCUT2D eigenvalue weighted by Gasteiger charge is -2.11. The van der Waals surface area contributed by atoms with Gasteiger partial charge < -0.3 is 0 Å². The van der Waals surface area contributed by atoms with Gasteiger partial charge in [0.1, 0.15) is 0 Å². The molecule has 0 spiro atoms. The molecule has 0 N–H and O–H groups in total. The normalized spacial score (nSPS) is 13.4. The number of hydrogen-bond donors (Lipinski definition) is 0. The number of benzene rings is 2. The van der Waals surface area contributed by atoms with E-state index in [0.29, 0.717) is 10.5 Å². The second-order valence-corrected chi connectivity index (χ2v) is 10.2. The first kappa shape index (κ1) is 25.7. The van der Waals surface area contributed by atoms with E-state index in [1.54, 1.807) is 0 Å². The third-order valence-corrected chi connectivity index (χ3v) is 7.32. The Labute approximate surface area is 188 Å². The number of allylic oxidation sites excluding steroid dienone is 2. The van der Waals surface area contributed by atoms with E-state index in [9.17, 15) is 0 Å². The van der Waals surface area contributed by atoms with Crippen LogP contribution < -0.4 is 0 Å². The van der Waals surface area contributed by atoms with Crippen LogP contribution in [0.4, 0.5) is 0 Å². The van der Waals surface area contributed by atoms with Gasteiger partial charge >= 0.3 is 0 Å². The minimum absolute atomic E-state index is 0.555. The largest absolute Gasteiger partial charge is 0.150 e. The maximum Gasteiger partial charge on any atom is 0.0246 e. The third kappa shape index (κ3) is 9.31. The molecule has 0 fully saturated rings. The van der Waals surface area contributed by atoms with Crippen molar-refractivity contribution in [3.8, 4) is 0 Å². The topological polar surface area (TPSA) is 0 Å². The van der Waals surface area contributed by atoms with Crippen molar-refractivity contribution in [2.75, 3.05) is 0 Å². The van der Waals surface area contributed by atoms with Crippen molar-refractivity contribution in [2.45, 2.75) is 76.5 Å². The monoisotopic (exact) mass is 426 g/mol. The van der Waals surface area contributed by atoms with Crippen LogP contribution in [0.5, 0.6) is 0 Å². The first-order valence-electron chi connectivity index (χ1n) is 10.4. The van der Waals surface area contributed by atoms with E-state index in [1.165, 1.54) is 32.7 Å². The van der Waals surface area contributed by atoms with Crippen LogP contribution in [0.1, 0.15) is 55.5 Å². The van der Waals surface area contributed by atoms with Crippen LogP contribution >= 0.6 is 23.5 Å². The molecule has 0 saturated heterocycles. The van der Waals surface area contributed by atoms with Gasteiger partial charge in [-0.1, -0.05) is 60.7 Å². The molecule has 0 aliphatic heterocycles. The standard InChI is InChI=1S/C14H20S.C13H18S/c1-5-7-13(4)15-10-14-11(2)8-6-9-12(14)3;1-5-7-12(4)14-13-10(2)8-6-9-11(13)3/h5-9,13H,10H2,1-4H3;5-9,12H,1-4H3/b2*7-5+. The van der Waals surface area contributed by atoms with Crippen LogP contribution in [0.2, 0.25) is 0 Å². The average Bonchev–Trinajstić information content (AvgIpc) is 2.65. The quantitative estimate of drug-likeness (QED) is 0.320. The van der Waals surface area contributed by atoms with Gasteiger partial charge in [-0.25, -0.2) is 0 Å². The lowest BCUT2D eigenvalue weighted by molar-refractivity contribution is 1.18. The van der Waals surface area contributed by atoms with Gasteiger partial charge in [0, 0.05) is 21.1 Å². The number of rotatable bonds is 7. The second-order valence-electron chi connectivity index (χ2n) is 7.48. The number of aryl methyl sites for hydroxylation is 4. The summed E-state index contributed by atoms with van der Waals surface area (Å²) >= 11 is 3.93. The number of thioether (sulfide) groups is 2. The molecule has 0 saturated carbocycles. The van der Waals surface area contributed by atoms with Gasteiger partial charge in [-0.05, 0) is 83.2 Å². The summed E-state index contributed by atoms with van der Waals surface area (Å²) in [5.41, 5.74) is 7.09. The Hall–Kier alpha value is -1.38. The highest BCUT2D eigenvalue weighted by Crippen LogP contribution is 2.30. The van der Waals surface area contributed by atoms with Gasteiger partial charge in [-0.2, -0.15) is 0 Å². The summed E-state index contributed by atoms with van der Waals surface area (Å²) in [6.45, 7) is 17.4. The summed E-state index contributed by atoms with van der Waals surface area (Å²) in [6.07, 6.45) is 8.72. The van der Waals surface area contributed by atoms with Crippen molar-refractivity contribution in [1.82, 2.24) is 0 Å². The summed E-state index contributed by atoms with van der Waals surface area (Å²) in [5.74, 6) is 1.12. The van der Waals surface area contributed by atoms with E-state index in [2.05, 4.69) is 116 Å². The summed E-state index contributed by atoms with van der Waals surface area (Å²) in [6, 6.07) is 13.0. The van der Waals surface area contributed by atoms with Crippen molar-refractivity contribution in [3.63, 3.8) is 0 Å². The highest BCUT2D eigenvalue weighted by Gasteiger charge is 2.06. The van der Waals surface area contributed by atoms with Crippen molar-refractivity contribution >= 4 is 23.5 Å². The van der Waals surface area contributed by atoms with Gasteiger partial charge in [0.15, 0.2) is 0 Å². The third-order valence-electron chi connectivity index (χ3n) is 4.77. The Bertz CT molecular complexity index is 762. The van der Waals surface area contributed by atoms with Crippen LogP contribution in [-0.4, -0.2) is 10.5 Å². The highest BCUT2D eigenvalue weighted by molar-refractivity contribution is 8.00. The Morgan fingerprint density at radius 1 is 0.724 bits per heavy atom. The van der Waals surface area contributed by atoms with Crippen LogP contribution in [0.3, 0.4) is 0 Å². The van der Waals surface area contributed by atoms with Crippen LogP contribution in [-0.2, 0) is 5.75 Å². The molecule has 0 aromatic heterocycles. The molecule has 0 aliphatic carbocycles. The molecule has 2 heteroatoms. The van der Waals surface area contributed by atoms with E-state index in [0.717, 1.165) is 5.75 Å². The van der Waals surface area contributed by atoms with Gasteiger partial charge in [0.2, 0.25) is 0 Å². The number of hydrogen-bond acceptors (Lipinski definition) is 2. The molecule has 2 rings (SSSR count). The Morgan fingerprint density at radius 2 is 1.17 bits per heavy atom.